The van der Waals surface area contributed by atoms with Crippen molar-refractivity contribution in [3.8, 4) is 11.5 Å². The highest BCUT2D eigenvalue weighted by molar-refractivity contribution is 7.22. The summed E-state index contributed by atoms with van der Waals surface area (Å²) in [6.45, 7) is 7.14. The third-order valence-corrected chi connectivity index (χ3v) is 5.29. The molecule has 9 heteroatoms. The fourth-order valence-corrected chi connectivity index (χ4v) is 3.68. The number of carbonyl (C=O) groups excluding carboxylic acids is 1. The molecule has 2 aromatic carbocycles. The molecular formula is C20H23N5O3S. The molecule has 0 spiro atoms. The number of amides is 2. The van der Waals surface area contributed by atoms with Crippen LogP contribution in [-0.4, -0.2) is 45.4 Å². The number of nitrogens with zero attached hydrogens (tertiary/aromatic N) is 3. The number of aromatic nitrogens is 1. The molecule has 0 saturated carbocycles. The van der Waals surface area contributed by atoms with Crippen LogP contribution in [0.25, 0.3) is 10.2 Å². The average molecular weight is 414 g/mol. The second-order valence-electron chi connectivity index (χ2n) is 6.35. The van der Waals surface area contributed by atoms with Crippen molar-refractivity contribution in [2.45, 2.75) is 20.4 Å². The molecule has 8 nitrogen and oxygen atoms in total. The van der Waals surface area contributed by atoms with Crippen molar-refractivity contribution in [3.05, 3.63) is 47.5 Å². The molecule has 3 rings (SSSR count). The van der Waals surface area contributed by atoms with Crippen LogP contribution in [0.3, 0.4) is 0 Å². The maximum Gasteiger partial charge on any atom is 0.341 e. The van der Waals surface area contributed by atoms with Gasteiger partial charge in [-0.05, 0) is 42.9 Å². The molecule has 4 N–H and O–H groups in total. The SMILES string of the molecule is CCN(CC)Cc1ccc2nc(NC(=O)N/N=C/c3ccc(O)cc3O)sc2c1. The monoisotopic (exact) mass is 413 g/mol. The summed E-state index contributed by atoms with van der Waals surface area (Å²) in [5, 5.41) is 25.9. The van der Waals surface area contributed by atoms with Crippen molar-refractivity contribution in [1.82, 2.24) is 15.3 Å². The van der Waals surface area contributed by atoms with E-state index in [9.17, 15) is 15.0 Å². The van der Waals surface area contributed by atoms with Gasteiger partial charge in [0.05, 0.1) is 16.4 Å². The molecule has 2 amide bonds. The van der Waals surface area contributed by atoms with Crippen molar-refractivity contribution in [2.24, 2.45) is 5.10 Å². The number of fused-ring (bicyclic) bond motifs is 1. The summed E-state index contributed by atoms with van der Waals surface area (Å²) in [4.78, 5) is 18.8. The fraction of sp³-hybridized carbons (Fsp3) is 0.250. The lowest BCUT2D eigenvalue weighted by molar-refractivity contribution is 0.252. The number of hydrogen-bond donors (Lipinski definition) is 4. The topological polar surface area (TPSA) is 110 Å². The molecular weight excluding hydrogens is 390 g/mol. The zero-order valence-corrected chi connectivity index (χ0v) is 17.0. The molecule has 29 heavy (non-hydrogen) atoms. The van der Waals surface area contributed by atoms with E-state index >= 15 is 0 Å². The van der Waals surface area contributed by atoms with Crippen LogP contribution in [0.2, 0.25) is 0 Å². The van der Waals surface area contributed by atoms with Crippen LogP contribution < -0.4 is 10.7 Å². The minimum absolute atomic E-state index is 0.0542. The number of anilines is 1. The van der Waals surface area contributed by atoms with E-state index in [1.807, 2.05) is 6.07 Å². The highest BCUT2D eigenvalue weighted by Crippen LogP contribution is 2.27. The maximum atomic E-state index is 12.0. The van der Waals surface area contributed by atoms with Gasteiger partial charge in [0.1, 0.15) is 11.5 Å². The van der Waals surface area contributed by atoms with Crippen LogP contribution in [0.4, 0.5) is 9.93 Å². The second-order valence-corrected chi connectivity index (χ2v) is 7.38. The van der Waals surface area contributed by atoms with E-state index in [0.717, 1.165) is 29.9 Å². The highest BCUT2D eigenvalue weighted by atomic mass is 32.1. The quantitative estimate of drug-likeness (QED) is 0.349. The molecule has 0 bridgehead atoms. The summed E-state index contributed by atoms with van der Waals surface area (Å²) in [5.41, 5.74) is 4.72. The first-order chi connectivity index (χ1) is 14.0. The van der Waals surface area contributed by atoms with Gasteiger partial charge in [0.15, 0.2) is 5.13 Å². The molecule has 1 aromatic heterocycles. The summed E-state index contributed by atoms with van der Waals surface area (Å²) in [5.74, 6) is -0.191. The minimum atomic E-state index is -0.540. The summed E-state index contributed by atoms with van der Waals surface area (Å²) >= 11 is 1.39. The molecule has 1 heterocycles. The van der Waals surface area contributed by atoms with Crippen LogP contribution >= 0.6 is 11.3 Å². The largest absolute Gasteiger partial charge is 0.508 e. The molecule has 0 radical (unpaired) electrons. The van der Waals surface area contributed by atoms with Gasteiger partial charge in [-0.1, -0.05) is 31.3 Å². The van der Waals surface area contributed by atoms with Gasteiger partial charge in [-0.2, -0.15) is 5.10 Å². The minimum Gasteiger partial charge on any atom is -0.508 e. The Hall–Kier alpha value is -3.17. The lowest BCUT2D eigenvalue weighted by Gasteiger charge is -2.17. The van der Waals surface area contributed by atoms with Crippen LogP contribution in [0.5, 0.6) is 11.5 Å². The molecule has 152 valence electrons. The molecule has 0 unspecified atom stereocenters. The first kappa shape index (κ1) is 20.6. The summed E-state index contributed by atoms with van der Waals surface area (Å²) < 4.78 is 1.00. The van der Waals surface area contributed by atoms with Gasteiger partial charge in [-0.15, -0.1) is 0 Å². The third-order valence-electron chi connectivity index (χ3n) is 4.36. The predicted molar refractivity (Wildman–Crippen MR) is 116 cm³/mol. The van der Waals surface area contributed by atoms with Crippen molar-refractivity contribution < 1.29 is 15.0 Å². The van der Waals surface area contributed by atoms with E-state index in [1.165, 1.54) is 41.3 Å². The first-order valence-corrected chi connectivity index (χ1v) is 10.0. The number of hydrogen-bond acceptors (Lipinski definition) is 7. The standard InChI is InChI=1S/C20H23N5O3S/c1-3-25(4-2)12-13-5-8-16-18(9-13)29-20(22-16)23-19(28)24-21-11-14-6-7-15(26)10-17(14)27/h5-11,26-27H,3-4,12H2,1-2H3,(H2,22,23,24,28)/b21-11+. The fourth-order valence-electron chi connectivity index (χ4n) is 2.75. The van der Waals surface area contributed by atoms with Crippen LogP contribution in [-0.2, 0) is 6.54 Å². The van der Waals surface area contributed by atoms with Gasteiger partial charge >= 0.3 is 6.03 Å². The number of rotatable bonds is 7. The molecule has 3 aromatic rings. The molecule has 0 fully saturated rings. The zero-order chi connectivity index (χ0) is 20.8. The van der Waals surface area contributed by atoms with E-state index in [0.29, 0.717) is 10.7 Å². The van der Waals surface area contributed by atoms with E-state index in [-0.39, 0.29) is 11.5 Å². The van der Waals surface area contributed by atoms with Gasteiger partial charge in [0.25, 0.3) is 0 Å². The van der Waals surface area contributed by atoms with Crippen LogP contribution in [0, 0.1) is 0 Å². The second kappa shape index (κ2) is 9.35. The Morgan fingerprint density at radius 3 is 2.72 bits per heavy atom. The Kier molecular flexibility index (Phi) is 6.63. The van der Waals surface area contributed by atoms with Gasteiger partial charge in [-0.3, -0.25) is 10.2 Å². The van der Waals surface area contributed by atoms with Crippen molar-refractivity contribution in [3.63, 3.8) is 0 Å². The summed E-state index contributed by atoms with van der Waals surface area (Å²) in [6, 6.07) is 9.66. The molecule has 0 aliphatic heterocycles. The number of carbonyl (C=O) groups is 1. The Bertz CT molecular complexity index is 1030. The normalized spacial score (nSPS) is 11.4. The number of urea groups is 1. The predicted octanol–water partition coefficient (Wildman–Crippen LogP) is 3.70. The lowest BCUT2D eigenvalue weighted by atomic mass is 10.2. The first-order valence-electron chi connectivity index (χ1n) is 9.22. The van der Waals surface area contributed by atoms with E-state index in [1.54, 1.807) is 0 Å². The van der Waals surface area contributed by atoms with Crippen molar-refractivity contribution in [2.75, 3.05) is 18.4 Å². The van der Waals surface area contributed by atoms with Gasteiger partial charge in [0, 0.05) is 18.2 Å². The number of phenols is 2. The smallest absolute Gasteiger partial charge is 0.341 e. The van der Waals surface area contributed by atoms with E-state index < -0.39 is 6.03 Å². The summed E-state index contributed by atoms with van der Waals surface area (Å²) in [7, 11) is 0. The Morgan fingerprint density at radius 2 is 2.00 bits per heavy atom. The number of hydrazone groups is 1. The molecule has 0 aliphatic carbocycles. The number of nitrogens with one attached hydrogen (secondary N) is 2. The van der Waals surface area contributed by atoms with E-state index in [4.69, 9.17) is 0 Å². The average Bonchev–Trinajstić information content (AvgIpc) is 3.09. The van der Waals surface area contributed by atoms with E-state index in [2.05, 4.69) is 51.7 Å². The van der Waals surface area contributed by atoms with Gasteiger partial charge in [0.2, 0.25) is 0 Å². The molecule has 0 aliphatic rings. The number of thiazole rings is 1. The van der Waals surface area contributed by atoms with Crippen molar-refractivity contribution >= 4 is 38.9 Å². The van der Waals surface area contributed by atoms with Crippen LogP contribution in [0.1, 0.15) is 25.0 Å². The van der Waals surface area contributed by atoms with Gasteiger partial charge in [-0.25, -0.2) is 15.2 Å². The Morgan fingerprint density at radius 1 is 1.21 bits per heavy atom. The molecule has 0 atom stereocenters. The maximum absolute atomic E-state index is 12.0. The van der Waals surface area contributed by atoms with Crippen LogP contribution in [0.15, 0.2) is 41.5 Å². The number of phenolic OH excluding ortho intramolecular Hbond substituents is 2. The highest BCUT2D eigenvalue weighted by Gasteiger charge is 2.09. The van der Waals surface area contributed by atoms with Gasteiger partial charge < -0.3 is 10.2 Å². The Labute approximate surface area is 172 Å². The number of benzene rings is 2. The summed E-state index contributed by atoms with van der Waals surface area (Å²) in [6.07, 6.45) is 1.28. The molecule has 0 saturated heterocycles. The van der Waals surface area contributed by atoms with Crippen molar-refractivity contribution in [1.29, 1.82) is 0 Å². The third kappa shape index (κ3) is 5.43. The lowest BCUT2D eigenvalue weighted by Crippen LogP contribution is -2.24. The zero-order valence-electron chi connectivity index (χ0n) is 16.2. The number of aromatic hydroxyl groups is 2. The Balaban J connectivity index is 1.61.